The van der Waals surface area contributed by atoms with Gasteiger partial charge in [-0.05, 0) is 80.0 Å². The van der Waals surface area contributed by atoms with E-state index in [1.165, 1.54) is 12.1 Å². The van der Waals surface area contributed by atoms with Crippen LogP contribution in [0.4, 0.5) is 4.39 Å². The van der Waals surface area contributed by atoms with Crippen molar-refractivity contribution in [3.63, 3.8) is 0 Å². The van der Waals surface area contributed by atoms with Gasteiger partial charge in [0.2, 0.25) is 5.91 Å². The van der Waals surface area contributed by atoms with E-state index < -0.39 is 0 Å². The van der Waals surface area contributed by atoms with Gasteiger partial charge < -0.3 is 14.5 Å². The molecule has 0 aromatic heterocycles. The van der Waals surface area contributed by atoms with E-state index in [0.29, 0.717) is 38.0 Å². The molecule has 40 heavy (non-hydrogen) atoms. The summed E-state index contributed by atoms with van der Waals surface area (Å²) in [5.74, 6) is 1.46. The van der Waals surface area contributed by atoms with Crippen LogP contribution in [0.1, 0.15) is 64.0 Å². The number of hydrogen-bond donors (Lipinski definition) is 1. The van der Waals surface area contributed by atoms with Crippen molar-refractivity contribution in [3.8, 4) is 5.75 Å². The Bertz CT molecular complexity index is 1040. The zero-order valence-electron chi connectivity index (χ0n) is 24.3. The molecule has 4 rings (SSSR count). The number of halogens is 1. The lowest BCUT2D eigenvalue weighted by atomic mass is 9.88. The first-order valence-electron chi connectivity index (χ1n) is 14.9. The molecule has 0 radical (unpaired) electrons. The molecule has 1 amide bonds. The number of nitrogens with zero attached hydrogens (tertiary/aromatic N) is 3. The van der Waals surface area contributed by atoms with Gasteiger partial charge in [0.25, 0.3) is 0 Å². The van der Waals surface area contributed by atoms with Crippen LogP contribution in [-0.2, 0) is 22.6 Å². The van der Waals surface area contributed by atoms with Crippen LogP contribution in [0, 0.1) is 17.7 Å². The molecule has 0 aliphatic carbocycles. The van der Waals surface area contributed by atoms with E-state index >= 15 is 0 Å². The first-order valence-corrected chi connectivity index (χ1v) is 14.9. The highest BCUT2D eigenvalue weighted by atomic mass is 19.1. The maximum absolute atomic E-state index is 13.6. The highest BCUT2D eigenvalue weighted by Crippen LogP contribution is 2.30. The number of amides is 1. The Morgan fingerprint density at radius 3 is 2.42 bits per heavy atom. The number of hydrogen-bond acceptors (Lipinski definition) is 6. The summed E-state index contributed by atoms with van der Waals surface area (Å²) in [5, 5.41) is 11.2. The first kappa shape index (κ1) is 30.4. The number of hydroxylamine groups is 2. The average molecular weight is 556 g/mol. The minimum absolute atomic E-state index is 0.0497. The van der Waals surface area contributed by atoms with Crippen LogP contribution >= 0.6 is 0 Å². The summed E-state index contributed by atoms with van der Waals surface area (Å²) >= 11 is 0. The number of carbonyl (C=O) groups excluding carboxylic acids is 1. The third kappa shape index (κ3) is 8.49. The predicted octanol–water partition coefficient (Wildman–Crippen LogP) is 5.71. The second-order valence-electron chi connectivity index (χ2n) is 11.6. The summed E-state index contributed by atoms with van der Waals surface area (Å²) in [5.41, 5.74) is 1.90. The number of benzene rings is 2. The van der Waals surface area contributed by atoms with E-state index in [1.54, 1.807) is 12.1 Å². The van der Waals surface area contributed by atoms with E-state index in [9.17, 15) is 14.4 Å². The van der Waals surface area contributed by atoms with Gasteiger partial charge in [-0.1, -0.05) is 50.3 Å². The molecule has 2 unspecified atom stereocenters. The lowest BCUT2D eigenvalue weighted by Gasteiger charge is -2.39. The molecule has 2 aliphatic heterocycles. The Kier molecular flexibility index (Phi) is 11.4. The third-order valence-corrected chi connectivity index (χ3v) is 8.34. The molecule has 8 heteroatoms. The van der Waals surface area contributed by atoms with Crippen LogP contribution in [0.2, 0.25) is 0 Å². The Morgan fingerprint density at radius 2 is 1.77 bits per heavy atom. The van der Waals surface area contributed by atoms with Crippen molar-refractivity contribution in [3.05, 3.63) is 65.5 Å². The number of piperidine rings is 1. The van der Waals surface area contributed by atoms with Gasteiger partial charge in [0, 0.05) is 31.6 Å². The van der Waals surface area contributed by atoms with Crippen molar-refractivity contribution in [1.29, 1.82) is 0 Å². The second-order valence-corrected chi connectivity index (χ2v) is 11.6. The SMILES string of the molecule is CCCOc1ccc(CC(=O)N(Cc2ccc(F)cc2)C2CCN(CCCC3C(C(C)C)CON3O)CC2)cc1. The molecule has 2 aliphatic rings. The van der Waals surface area contributed by atoms with Crippen LogP contribution < -0.4 is 4.74 Å². The average Bonchev–Trinajstić information content (AvgIpc) is 3.33. The van der Waals surface area contributed by atoms with Crippen molar-refractivity contribution >= 4 is 5.91 Å². The quantitative estimate of drug-likeness (QED) is 0.342. The Hall–Kier alpha value is -2.52. The van der Waals surface area contributed by atoms with Crippen molar-refractivity contribution in [2.24, 2.45) is 11.8 Å². The molecule has 0 saturated carbocycles. The molecule has 2 aromatic rings. The first-order chi connectivity index (χ1) is 19.3. The molecule has 1 N–H and O–H groups in total. The number of carbonyl (C=O) groups is 1. The summed E-state index contributed by atoms with van der Waals surface area (Å²) in [7, 11) is 0. The maximum Gasteiger partial charge on any atom is 0.227 e. The minimum Gasteiger partial charge on any atom is -0.494 e. The van der Waals surface area contributed by atoms with Gasteiger partial charge in [0.15, 0.2) is 0 Å². The molecule has 2 atom stereocenters. The minimum atomic E-state index is -0.270. The Balaban J connectivity index is 1.33. The molecule has 2 aromatic carbocycles. The second kappa shape index (κ2) is 14.9. The van der Waals surface area contributed by atoms with E-state index in [-0.39, 0.29) is 23.8 Å². The highest BCUT2D eigenvalue weighted by Gasteiger charge is 2.36. The molecule has 2 saturated heterocycles. The van der Waals surface area contributed by atoms with E-state index in [0.717, 1.165) is 73.8 Å². The Morgan fingerprint density at radius 1 is 1.10 bits per heavy atom. The fraction of sp³-hybridized carbons (Fsp3) is 0.594. The molecule has 0 spiro atoms. The van der Waals surface area contributed by atoms with Crippen molar-refractivity contribution in [1.82, 2.24) is 15.0 Å². The van der Waals surface area contributed by atoms with Crippen molar-refractivity contribution in [2.45, 2.75) is 77.9 Å². The summed E-state index contributed by atoms with van der Waals surface area (Å²) in [4.78, 5) is 23.5. The van der Waals surface area contributed by atoms with Crippen LogP contribution in [0.15, 0.2) is 48.5 Å². The highest BCUT2D eigenvalue weighted by molar-refractivity contribution is 5.79. The van der Waals surface area contributed by atoms with Gasteiger partial charge in [-0.2, -0.15) is 0 Å². The standard InChI is InChI=1S/C32H46FN3O4/c1-4-20-39-29-13-9-25(10-14-29)21-32(37)35(22-26-7-11-27(33)12-8-26)28-15-18-34(19-16-28)17-5-6-31-30(24(2)3)23-40-36(31)38/h7-14,24,28,30-31,38H,4-6,15-23H2,1-3H3. The fourth-order valence-corrected chi connectivity index (χ4v) is 5.88. The van der Waals surface area contributed by atoms with Gasteiger partial charge in [0.05, 0.1) is 25.7 Å². The van der Waals surface area contributed by atoms with Gasteiger partial charge in [-0.3, -0.25) is 14.8 Å². The number of likely N-dealkylation sites (tertiary alicyclic amines) is 1. The lowest BCUT2D eigenvalue weighted by molar-refractivity contribution is -0.328. The molecule has 0 bridgehead atoms. The fourth-order valence-electron chi connectivity index (χ4n) is 5.88. The number of ether oxygens (including phenoxy) is 1. The molecular weight excluding hydrogens is 509 g/mol. The van der Waals surface area contributed by atoms with Crippen LogP contribution in [0.5, 0.6) is 5.75 Å². The topological polar surface area (TPSA) is 65.5 Å². The monoisotopic (exact) mass is 555 g/mol. The van der Waals surface area contributed by atoms with Gasteiger partial charge in [-0.25, -0.2) is 4.39 Å². The molecule has 2 fully saturated rings. The summed E-state index contributed by atoms with van der Waals surface area (Å²) in [6, 6.07) is 14.4. The van der Waals surface area contributed by atoms with Crippen LogP contribution in [-0.4, -0.2) is 71.1 Å². The van der Waals surface area contributed by atoms with E-state index in [1.807, 2.05) is 29.2 Å². The zero-order valence-corrected chi connectivity index (χ0v) is 24.3. The zero-order chi connectivity index (χ0) is 28.5. The number of rotatable bonds is 13. The maximum atomic E-state index is 13.6. The van der Waals surface area contributed by atoms with Gasteiger partial charge in [0.1, 0.15) is 11.6 Å². The molecule has 7 nitrogen and oxygen atoms in total. The van der Waals surface area contributed by atoms with Crippen LogP contribution in [0.3, 0.4) is 0 Å². The smallest absolute Gasteiger partial charge is 0.227 e. The molecular formula is C32H46FN3O4. The summed E-state index contributed by atoms with van der Waals surface area (Å²) in [6.07, 6.45) is 4.99. The van der Waals surface area contributed by atoms with Crippen molar-refractivity contribution < 1.29 is 24.0 Å². The van der Waals surface area contributed by atoms with Gasteiger partial charge >= 0.3 is 0 Å². The third-order valence-electron chi connectivity index (χ3n) is 8.34. The van der Waals surface area contributed by atoms with Crippen molar-refractivity contribution in [2.75, 3.05) is 32.8 Å². The predicted molar refractivity (Wildman–Crippen MR) is 153 cm³/mol. The van der Waals surface area contributed by atoms with E-state index in [2.05, 4.69) is 25.7 Å². The Labute approximate surface area is 238 Å². The normalized spacial score (nSPS) is 20.8. The molecule has 220 valence electrons. The van der Waals surface area contributed by atoms with E-state index in [4.69, 9.17) is 9.57 Å². The summed E-state index contributed by atoms with van der Waals surface area (Å²) in [6.45, 7) is 11.0. The van der Waals surface area contributed by atoms with Gasteiger partial charge in [-0.15, -0.1) is 0 Å². The summed E-state index contributed by atoms with van der Waals surface area (Å²) < 4.78 is 19.2. The molecule has 2 heterocycles. The van der Waals surface area contributed by atoms with Crippen LogP contribution in [0.25, 0.3) is 0 Å². The lowest BCUT2D eigenvalue weighted by Crippen LogP contribution is -2.47. The largest absolute Gasteiger partial charge is 0.494 e.